The summed E-state index contributed by atoms with van der Waals surface area (Å²) in [5.74, 6) is 2.70. The van der Waals surface area contributed by atoms with Gasteiger partial charge in [-0.3, -0.25) is 0 Å². The first kappa shape index (κ1) is 10.9. The number of nitrogens with one attached hydrogen (secondary N) is 1. The maximum atomic E-state index is 5.32. The minimum Gasteiger partial charge on any atom is -0.454 e. The molecule has 0 spiro atoms. The number of aromatic nitrogens is 2. The van der Waals surface area contributed by atoms with E-state index in [1.165, 1.54) is 0 Å². The van der Waals surface area contributed by atoms with E-state index in [4.69, 9.17) is 14.0 Å². The Labute approximate surface area is 104 Å². The van der Waals surface area contributed by atoms with Crippen molar-refractivity contribution >= 4 is 5.69 Å². The summed E-state index contributed by atoms with van der Waals surface area (Å²) in [6, 6.07) is 5.62. The molecule has 0 aliphatic carbocycles. The van der Waals surface area contributed by atoms with Crippen LogP contribution in [0.5, 0.6) is 11.5 Å². The number of anilines is 1. The normalized spacial score (nSPS) is 14.6. The summed E-state index contributed by atoms with van der Waals surface area (Å²) in [6.07, 6.45) is 0. The molecule has 2 aromatic rings. The van der Waals surface area contributed by atoms with Crippen LogP contribution in [-0.2, 0) is 0 Å². The van der Waals surface area contributed by atoms with Crippen LogP contribution >= 0.6 is 0 Å². The number of benzene rings is 1. The summed E-state index contributed by atoms with van der Waals surface area (Å²) in [4.78, 5) is 4.18. The zero-order valence-electron chi connectivity index (χ0n) is 10.1. The minimum atomic E-state index is -0.0634. The first-order chi connectivity index (χ1) is 8.72. The van der Waals surface area contributed by atoms with E-state index in [-0.39, 0.29) is 12.8 Å². The molecule has 0 saturated heterocycles. The van der Waals surface area contributed by atoms with Crippen LogP contribution in [0.1, 0.15) is 24.7 Å². The van der Waals surface area contributed by atoms with Gasteiger partial charge in [0.05, 0.1) is 0 Å². The highest BCUT2D eigenvalue weighted by Crippen LogP contribution is 2.35. The van der Waals surface area contributed by atoms with E-state index < -0.39 is 0 Å². The Balaban J connectivity index is 1.76. The topological polar surface area (TPSA) is 69.4 Å². The van der Waals surface area contributed by atoms with Crippen molar-refractivity contribution in [1.82, 2.24) is 10.1 Å². The molecular weight excluding hydrogens is 234 g/mol. The van der Waals surface area contributed by atoms with Crippen molar-refractivity contribution in [3.63, 3.8) is 0 Å². The summed E-state index contributed by atoms with van der Waals surface area (Å²) in [5.41, 5.74) is 0.919. The molecule has 0 bridgehead atoms. The highest BCUT2D eigenvalue weighted by molar-refractivity contribution is 5.56. The Morgan fingerprint density at radius 2 is 2.11 bits per heavy atom. The smallest absolute Gasteiger partial charge is 0.248 e. The fourth-order valence-electron chi connectivity index (χ4n) is 1.79. The summed E-state index contributed by atoms with van der Waals surface area (Å²) in [7, 11) is 0. The van der Waals surface area contributed by atoms with E-state index in [2.05, 4.69) is 15.5 Å². The Kier molecular flexibility index (Phi) is 2.55. The summed E-state index contributed by atoms with van der Waals surface area (Å²) >= 11 is 0. The average molecular weight is 247 g/mol. The number of ether oxygens (including phenoxy) is 2. The number of aryl methyl sites for hydroxylation is 1. The predicted molar refractivity (Wildman–Crippen MR) is 63.6 cm³/mol. The van der Waals surface area contributed by atoms with Crippen LogP contribution < -0.4 is 14.8 Å². The fraction of sp³-hybridized carbons (Fsp3) is 0.333. The van der Waals surface area contributed by atoms with E-state index in [0.717, 1.165) is 17.2 Å². The van der Waals surface area contributed by atoms with Crippen molar-refractivity contribution in [2.45, 2.75) is 19.9 Å². The maximum absolute atomic E-state index is 5.32. The molecule has 1 N–H and O–H groups in total. The molecule has 1 aromatic carbocycles. The van der Waals surface area contributed by atoms with E-state index in [0.29, 0.717) is 11.7 Å². The molecule has 6 nitrogen and oxygen atoms in total. The molecule has 1 aromatic heterocycles. The van der Waals surface area contributed by atoms with Crippen molar-refractivity contribution in [2.75, 3.05) is 12.1 Å². The Morgan fingerprint density at radius 3 is 2.89 bits per heavy atom. The molecule has 94 valence electrons. The van der Waals surface area contributed by atoms with Gasteiger partial charge in [-0.25, -0.2) is 0 Å². The molecule has 2 heterocycles. The Hall–Kier alpha value is -2.24. The molecule has 0 saturated carbocycles. The van der Waals surface area contributed by atoms with Gasteiger partial charge in [-0.15, -0.1) is 0 Å². The van der Waals surface area contributed by atoms with Gasteiger partial charge in [-0.1, -0.05) is 5.16 Å². The lowest BCUT2D eigenvalue weighted by molar-refractivity contribution is 0.174. The van der Waals surface area contributed by atoms with Gasteiger partial charge in [0, 0.05) is 11.8 Å². The first-order valence-corrected chi connectivity index (χ1v) is 5.69. The van der Waals surface area contributed by atoms with Crippen LogP contribution in [0.3, 0.4) is 0 Å². The van der Waals surface area contributed by atoms with Gasteiger partial charge < -0.3 is 19.3 Å². The maximum Gasteiger partial charge on any atom is 0.248 e. The molecule has 0 radical (unpaired) electrons. The summed E-state index contributed by atoms with van der Waals surface area (Å²) < 4.78 is 15.7. The number of nitrogens with zero attached hydrogens (tertiary/aromatic N) is 2. The largest absolute Gasteiger partial charge is 0.454 e. The van der Waals surface area contributed by atoms with E-state index >= 15 is 0 Å². The van der Waals surface area contributed by atoms with Crippen LogP contribution in [0, 0.1) is 6.92 Å². The van der Waals surface area contributed by atoms with Gasteiger partial charge in [-0.2, -0.15) is 4.98 Å². The van der Waals surface area contributed by atoms with Gasteiger partial charge >= 0.3 is 0 Å². The lowest BCUT2D eigenvalue weighted by Gasteiger charge is -2.11. The second kappa shape index (κ2) is 4.21. The van der Waals surface area contributed by atoms with Gasteiger partial charge in [0.15, 0.2) is 17.3 Å². The van der Waals surface area contributed by atoms with Gasteiger partial charge in [-0.05, 0) is 26.0 Å². The molecule has 1 aliphatic heterocycles. The highest BCUT2D eigenvalue weighted by Gasteiger charge is 2.16. The van der Waals surface area contributed by atoms with Crippen LogP contribution in [0.25, 0.3) is 0 Å². The second-order valence-electron chi connectivity index (χ2n) is 4.11. The van der Waals surface area contributed by atoms with Gasteiger partial charge in [0.2, 0.25) is 12.7 Å². The van der Waals surface area contributed by atoms with E-state index in [9.17, 15) is 0 Å². The third-order valence-electron chi connectivity index (χ3n) is 2.67. The Bertz CT molecular complexity index is 567. The zero-order chi connectivity index (χ0) is 12.5. The van der Waals surface area contributed by atoms with Gasteiger partial charge in [0.25, 0.3) is 0 Å². The number of hydrogen-bond donors (Lipinski definition) is 1. The number of hydrogen-bond acceptors (Lipinski definition) is 6. The minimum absolute atomic E-state index is 0.0634. The van der Waals surface area contributed by atoms with Crippen LogP contribution in [-0.4, -0.2) is 16.9 Å². The molecule has 3 rings (SSSR count). The molecule has 1 atom stereocenters. The molecule has 0 unspecified atom stereocenters. The third kappa shape index (κ3) is 1.97. The van der Waals surface area contributed by atoms with Crippen molar-refractivity contribution < 1.29 is 14.0 Å². The lowest BCUT2D eigenvalue weighted by atomic mass is 10.2. The van der Waals surface area contributed by atoms with Crippen molar-refractivity contribution in [2.24, 2.45) is 0 Å². The first-order valence-electron chi connectivity index (χ1n) is 5.69. The monoisotopic (exact) mass is 247 g/mol. The van der Waals surface area contributed by atoms with Gasteiger partial charge in [0.1, 0.15) is 6.04 Å². The van der Waals surface area contributed by atoms with Crippen molar-refractivity contribution in [3.05, 3.63) is 29.9 Å². The molecule has 0 amide bonds. The quantitative estimate of drug-likeness (QED) is 0.897. The van der Waals surface area contributed by atoms with Crippen LogP contribution in [0.4, 0.5) is 5.69 Å². The van der Waals surface area contributed by atoms with Crippen molar-refractivity contribution in [1.29, 1.82) is 0 Å². The Morgan fingerprint density at radius 1 is 1.28 bits per heavy atom. The van der Waals surface area contributed by atoms with Crippen LogP contribution in [0.15, 0.2) is 22.7 Å². The number of fused-ring (bicyclic) bond motifs is 1. The SMILES string of the molecule is Cc1noc([C@H](C)Nc2ccc3c(c2)OCO3)n1. The standard InChI is InChI=1S/C12H13N3O3/c1-7(12-14-8(2)15-18-12)13-9-3-4-10-11(5-9)17-6-16-10/h3-5,7,13H,6H2,1-2H3/t7-/m0/s1. The molecular formula is C12H13N3O3. The average Bonchev–Trinajstić information content (AvgIpc) is 2.96. The summed E-state index contributed by atoms with van der Waals surface area (Å²) in [5, 5.41) is 7.04. The molecule has 6 heteroatoms. The fourth-order valence-corrected chi connectivity index (χ4v) is 1.79. The summed E-state index contributed by atoms with van der Waals surface area (Å²) in [6.45, 7) is 4.02. The lowest BCUT2D eigenvalue weighted by Crippen LogP contribution is -2.06. The van der Waals surface area contributed by atoms with Crippen LogP contribution in [0.2, 0.25) is 0 Å². The third-order valence-corrected chi connectivity index (χ3v) is 2.67. The number of rotatable bonds is 3. The second-order valence-corrected chi connectivity index (χ2v) is 4.11. The zero-order valence-corrected chi connectivity index (χ0v) is 10.1. The van der Waals surface area contributed by atoms with Crippen molar-refractivity contribution in [3.8, 4) is 11.5 Å². The van der Waals surface area contributed by atoms with E-state index in [1.807, 2.05) is 25.1 Å². The predicted octanol–water partition coefficient (Wildman–Crippen LogP) is 2.28. The molecule has 0 fully saturated rings. The highest BCUT2D eigenvalue weighted by atomic mass is 16.7. The molecule has 18 heavy (non-hydrogen) atoms. The molecule has 1 aliphatic rings. The van der Waals surface area contributed by atoms with E-state index in [1.54, 1.807) is 6.92 Å².